The Morgan fingerprint density at radius 2 is 1.62 bits per heavy atom. The minimum Gasteiger partial charge on any atom is -0.507 e. The fourth-order valence-corrected chi connectivity index (χ4v) is 2.96. The first-order chi connectivity index (χ1) is 15.1. The van der Waals surface area contributed by atoms with E-state index >= 15 is 0 Å². The van der Waals surface area contributed by atoms with Gasteiger partial charge in [0.25, 0.3) is 0 Å². The summed E-state index contributed by atoms with van der Waals surface area (Å²) in [6.07, 6.45) is 1.93. The predicted octanol–water partition coefficient (Wildman–Crippen LogP) is 3.62. The second-order valence-electron chi connectivity index (χ2n) is 7.28. The van der Waals surface area contributed by atoms with E-state index in [-0.39, 0.29) is 36.2 Å². The second-order valence-corrected chi connectivity index (χ2v) is 7.28. The van der Waals surface area contributed by atoms with Crippen LogP contribution in [0.4, 0.5) is 0 Å². The molecule has 1 amide bonds. The van der Waals surface area contributed by atoms with Crippen LogP contribution >= 0.6 is 0 Å². The topological polar surface area (TPSA) is 147 Å². The van der Waals surface area contributed by atoms with E-state index in [4.69, 9.17) is 9.84 Å². The smallest absolute Gasteiger partial charge is 0.308 e. The summed E-state index contributed by atoms with van der Waals surface area (Å²) in [6, 6.07) is 12.6. The zero-order valence-corrected chi connectivity index (χ0v) is 18.4. The van der Waals surface area contributed by atoms with Crippen LogP contribution < -0.4 is 5.73 Å². The highest BCUT2D eigenvalue weighted by Crippen LogP contribution is 2.38. The third-order valence-corrected chi connectivity index (χ3v) is 4.60. The number of aromatic hydroxyl groups is 2. The monoisotopic (exact) mass is 445 g/mol. The molecule has 0 bridgehead atoms. The lowest BCUT2D eigenvalue weighted by molar-refractivity contribution is -0.147. The van der Waals surface area contributed by atoms with Crippen molar-refractivity contribution >= 4 is 17.8 Å². The number of hydrogen-bond donors (Lipinski definition) is 4. The molecule has 0 radical (unpaired) electrons. The number of phenolic OH excluding ortho intramolecular Hbond substituents is 2. The fraction of sp³-hybridized carbons (Fsp3) is 0.375. The number of aliphatic carboxylic acids is 1. The van der Waals surface area contributed by atoms with Crippen LogP contribution in [0.5, 0.6) is 11.5 Å². The van der Waals surface area contributed by atoms with Crippen molar-refractivity contribution < 1.29 is 34.4 Å². The van der Waals surface area contributed by atoms with E-state index in [0.29, 0.717) is 25.0 Å². The standard InChI is InChI=1S/C20H24O4.C4H7NO3/c1-3-24-20(23)14(2)8-7-9-15-12-17(21)19(18(22)13-15)16-10-5-4-6-11-16;5-3(6)1-2-4(7)8/h4-6,10-14,21-22H,3,7-9H2,1-2H3;1-2H2,(H2,5,6)(H,7,8). The molecule has 174 valence electrons. The summed E-state index contributed by atoms with van der Waals surface area (Å²) in [4.78, 5) is 31.2. The number of carbonyl (C=O) groups excluding carboxylic acids is 2. The number of nitrogens with two attached hydrogens (primary N) is 1. The van der Waals surface area contributed by atoms with Crippen molar-refractivity contribution in [2.75, 3.05) is 6.61 Å². The van der Waals surface area contributed by atoms with Crippen molar-refractivity contribution in [3.05, 3.63) is 48.0 Å². The molecule has 0 saturated carbocycles. The fourth-order valence-electron chi connectivity index (χ4n) is 2.96. The quantitative estimate of drug-likeness (QED) is 0.408. The molecule has 0 spiro atoms. The van der Waals surface area contributed by atoms with Crippen molar-refractivity contribution in [1.82, 2.24) is 0 Å². The lowest BCUT2D eigenvalue weighted by Gasteiger charge is -2.12. The van der Waals surface area contributed by atoms with Crippen LogP contribution in [0.3, 0.4) is 0 Å². The predicted molar refractivity (Wildman–Crippen MR) is 120 cm³/mol. The number of aryl methyl sites for hydroxylation is 1. The molecule has 0 aliphatic heterocycles. The molecule has 1 unspecified atom stereocenters. The minimum atomic E-state index is -0.996. The molecule has 8 heteroatoms. The number of amides is 1. The summed E-state index contributed by atoms with van der Waals surface area (Å²) in [7, 11) is 0. The molecule has 0 fully saturated rings. The maximum absolute atomic E-state index is 11.6. The van der Waals surface area contributed by atoms with Gasteiger partial charge in [0.2, 0.25) is 5.91 Å². The highest BCUT2D eigenvalue weighted by Gasteiger charge is 2.15. The van der Waals surface area contributed by atoms with Crippen molar-refractivity contribution in [1.29, 1.82) is 0 Å². The summed E-state index contributed by atoms with van der Waals surface area (Å²) in [5.41, 5.74) is 6.70. The van der Waals surface area contributed by atoms with E-state index in [9.17, 15) is 24.6 Å². The van der Waals surface area contributed by atoms with Crippen LogP contribution in [0.2, 0.25) is 0 Å². The van der Waals surface area contributed by atoms with Gasteiger partial charge in [-0.25, -0.2) is 0 Å². The van der Waals surface area contributed by atoms with Crippen LogP contribution in [0, 0.1) is 5.92 Å². The number of carboxylic acids is 1. The second kappa shape index (κ2) is 13.7. The molecule has 2 aromatic rings. The SMILES string of the molecule is CCOC(=O)C(C)CCCc1cc(O)c(-c2ccccc2)c(O)c1.NC(=O)CCC(=O)O. The van der Waals surface area contributed by atoms with E-state index in [2.05, 4.69) is 5.73 Å². The van der Waals surface area contributed by atoms with Gasteiger partial charge in [-0.1, -0.05) is 37.3 Å². The van der Waals surface area contributed by atoms with Crippen molar-refractivity contribution in [3.8, 4) is 22.6 Å². The number of hydrogen-bond acceptors (Lipinski definition) is 6. The van der Waals surface area contributed by atoms with Gasteiger partial charge < -0.3 is 25.8 Å². The van der Waals surface area contributed by atoms with Gasteiger partial charge in [-0.15, -0.1) is 0 Å². The number of esters is 1. The summed E-state index contributed by atoms with van der Waals surface area (Å²) in [6.45, 7) is 4.04. The maximum Gasteiger partial charge on any atom is 0.308 e. The third kappa shape index (κ3) is 9.51. The van der Waals surface area contributed by atoms with E-state index in [1.165, 1.54) is 0 Å². The normalized spacial score (nSPS) is 11.1. The largest absolute Gasteiger partial charge is 0.507 e. The van der Waals surface area contributed by atoms with Gasteiger partial charge in [-0.3, -0.25) is 14.4 Å². The van der Waals surface area contributed by atoms with Gasteiger partial charge in [-0.05, 0) is 49.4 Å². The number of benzene rings is 2. The Morgan fingerprint density at radius 1 is 1.03 bits per heavy atom. The van der Waals surface area contributed by atoms with Crippen molar-refractivity contribution in [3.63, 3.8) is 0 Å². The first-order valence-electron chi connectivity index (χ1n) is 10.4. The van der Waals surface area contributed by atoms with Gasteiger partial charge in [-0.2, -0.15) is 0 Å². The molecule has 2 aromatic carbocycles. The van der Waals surface area contributed by atoms with E-state index in [1.54, 1.807) is 19.1 Å². The zero-order valence-electron chi connectivity index (χ0n) is 18.4. The zero-order chi connectivity index (χ0) is 24.1. The first-order valence-corrected chi connectivity index (χ1v) is 10.4. The van der Waals surface area contributed by atoms with Crippen LogP contribution in [0.1, 0.15) is 45.1 Å². The Hall–Kier alpha value is -3.55. The van der Waals surface area contributed by atoms with Crippen molar-refractivity contribution in [2.45, 2.75) is 46.0 Å². The van der Waals surface area contributed by atoms with E-state index in [1.807, 2.05) is 37.3 Å². The molecule has 0 aromatic heterocycles. The number of phenols is 2. The molecule has 5 N–H and O–H groups in total. The molecule has 2 rings (SSSR count). The Labute approximate surface area is 187 Å². The molecule has 32 heavy (non-hydrogen) atoms. The average molecular weight is 446 g/mol. The molecular formula is C24H31NO7. The van der Waals surface area contributed by atoms with Crippen LogP contribution in [0.15, 0.2) is 42.5 Å². The van der Waals surface area contributed by atoms with E-state index < -0.39 is 11.9 Å². The molecule has 1 atom stereocenters. The van der Waals surface area contributed by atoms with Gasteiger partial charge in [0, 0.05) is 6.42 Å². The van der Waals surface area contributed by atoms with E-state index in [0.717, 1.165) is 17.5 Å². The number of carbonyl (C=O) groups is 3. The Morgan fingerprint density at radius 3 is 2.09 bits per heavy atom. The van der Waals surface area contributed by atoms with Crippen LogP contribution in [0.25, 0.3) is 11.1 Å². The van der Waals surface area contributed by atoms with Gasteiger partial charge >= 0.3 is 11.9 Å². The molecule has 8 nitrogen and oxygen atoms in total. The van der Waals surface area contributed by atoms with Gasteiger partial charge in [0.05, 0.1) is 24.5 Å². The van der Waals surface area contributed by atoms with Crippen molar-refractivity contribution in [2.24, 2.45) is 11.7 Å². The molecule has 0 heterocycles. The first kappa shape index (κ1) is 26.5. The average Bonchev–Trinajstić information content (AvgIpc) is 2.73. The Bertz CT molecular complexity index is 859. The number of carboxylic acid groups (broad SMARTS) is 1. The Kier molecular flexibility index (Phi) is 11.3. The number of ether oxygens (including phenoxy) is 1. The summed E-state index contributed by atoms with van der Waals surface area (Å²) >= 11 is 0. The summed E-state index contributed by atoms with van der Waals surface area (Å²) in [5.74, 6) is -1.76. The molecule has 0 aliphatic carbocycles. The molecular weight excluding hydrogens is 414 g/mol. The van der Waals surface area contributed by atoms with Gasteiger partial charge in [0.1, 0.15) is 11.5 Å². The summed E-state index contributed by atoms with van der Waals surface area (Å²) in [5, 5.41) is 28.5. The van der Waals surface area contributed by atoms with Gasteiger partial charge in [0.15, 0.2) is 0 Å². The lowest BCUT2D eigenvalue weighted by Crippen LogP contribution is -2.14. The highest BCUT2D eigenvalue weighted by atomic mass is 16.5. The molecule has 0 saturated heterocycles. The van der Waals surface area contributed by atoms with Crippen LogP contribution in [-0.4, -0.2) is 39.8 Å². The summed E-state index contributed by atoms with van der Waals surface area (Å²) < 4.78 is 4.99. The number of rotatable bonds is 10. The van der Waals surface area contributed by atoms with Crippen LogP contribution in [-0.2, 0) is 25.5 Å². The Balaban J connectivity index is 0.000000547. The minimum absolute atomic E-state index is 0.0645. The highest BCUT2D eigenvalue weighted by molar-refractivity contribution is 5.79. The lowest BCUT2D eigenvalue weighted by atomic mass is 9.97. The third-order valence-electron chi connectivity index (χ3n) is 4.60. The molecule has 0 aliphatic rings. The maximum atomic E-state index is 11.6. The number of primary amides is 1.